The normalized spacial score (nSPS) is 10.6. The summed E-state index contributed by atoms with van der Waals surface area (Å²) in [4.78, 5) is 0. The van der Waals surface area contributed by atoms with Gasteiger partial charge in [0.15, 0.2) is 0 Å². The summed E-state index contributed by atoms with van der Waals surface area (Å²) in [5.74, 6) is 0. The first kappa shape index (κ1) is 13.0. The van der Waals surface area contributed by atoms with E-state index in [2.05, 4.69) is 6.92 Å². The lowest BCUT2D eigenvalue weighted by Gasteiger charge is -2.00. The van der Waals surface area contributed by atoms with Crippen LogP contribution >= 0.6 is 0 Å². The predicted molar refractivity (Wildman–Crippen MR) is 59.7 cm³/mol. The van der Waals surface area contributed by atoms with Crippen molar-refractivity contribution < 1.29 is 0 Å². The van der Waals surface area contributed by atoms with Crippen LogP contribution in [0.15, 0.2) is 0 Å². The standard InChI is InChI=1S/C13H25/c1-3-5-7-9-11-13-12-10-8-6-4-2/h3-13H2,1H3. The summed E-state index contributed by atoms with van der Waals surface area (Å²) in [5.41, 5.74) is 0. The van der Waals surface area contributed by atoms with Crippen molar-refractivity contribution in [3.63, 3.8) is 0 Å². The summed E-state index contributed by atoms with van der Waals surface area (Å²) in [5, 5.41) is 0. The maximum atomic E-state index is 7.00. The molecule has 0 rings (SSSR count). The molecule has 0 aliphatic carbocycles. The van der Waals surface area contributed by atoms with Crippen molar-refractivity contribution in [2.45, 2.75) is 77.6 Å². The maximum absolute atomic E-state index is 7.00. The minimum absolute atomic E-state index is 0.622. The summed E-state index contributed by atoms with van der Waals surface area (Å²) in [6.45, 7) is 9.26. The van der Waals surface area contributed by atoms with Gasteiger partial charge in [0.1, 0.15) is 0 Å². The van der Waals surface area contributed by atoms with Gasteiger partial charge in [-0.05, 0) is 13.3 Å². The second-order valence-electron chi connectivity index (χ2n) is 3.93. The highest BCUT2D eigenvalue weighted by atomic mass is 14.0. The van der Waals surface area contributed by atoms with Gasteiger partial charge in [-0.25, -0.2) is 0 Å². The lowest BCUT2D eigenvalue weighted by atomic mass is 10.1. The number of unbranched alkanes of at least 4 members (excludes halogenated alkanes) is 10. The summed E-state index contributed by atoms with van der Waals surface area (Å²) in [7, 11) is 0. The van der Waals surface area contributed by atoms with Gasteiger partial charge in [0.25, 0.3) is 0 Å². The molecule has 0 aliphatic rings. The van der Waals surface area contributed by atoms with Crippen molar-refractivity contribution in [1.29, 1.82) is 0 Å². The van der Waals surface area contributed by atoms with E-state index in [9.17, 15) is 0 Å². The van der Waals surface area contributed by atoms with E-state index in [1.54, 1.807) is 0 Å². The topological polar surface area (TPSA) is 0 Å². The molecule has 0 spiro atoms. The van der Waals surface area contributed by atoms with Crippen molar-refractivity contribution >= 4 is 0 Å². The minimum Gasteiger partial charge on any atom is -0.0654 e. The van der Waals surface area contributed by atoms with Gasteiger partial charge in [0.05, 0.1) is 0 Å². The van der Waals surface area contributed by atoms with Crippen LogP contribution in [0.2, 0.25) is 0 Å². The fourth-order valence-electron chi connectivity index (χ4n) is 1.61. The second-order valence-corrected chi connectivity index (χ2v) is 3.93. The second kappa shape index (κ2) is 12.0. The molecule has 0 saturated heterocycles. The number of rotatable bonds is 10. The van der Waals surface area contributed by atoms with Gasteiger partial charge in [0, 0.05) is 0 Å². The summed E-state index contributed by atoms with van der Waals surface area (Å²) < 4.78 is 0. The van der Waals surface area contributed by atoms with Crippen molar-refractivity contribution in [2.24, 2.45) is 0 Å². The van der Waals surface area contributed by atoms with Crippen LogP contribution in [0.4, 0.5) is 0 Å². The molecule has 0 aromatic rings. The van der Waals surface area contributed by atoms with Crippen molar-refractivity contribution in [3.05, 3.63) is 6.92 Å². The Morgan fingerprint density at radius 2 is 1.00 bits per heavy atom. The largest absolute Gasteiger partial charge is 0.0654 e. The van der Waals surface area contributed by atoms with E-state index in [-0.39, 0.29) is 0 Å². The first-order valence-corrected chi connectivity index (χ1v) is 6.06. The Bertz CT molecular complexity index is 66.1. The molecular formula is C13H25. The van der Waals surface area contributed by atoms with E-state index >= 15 is 0 Å². The number of hydrogen-bond acceptors (Lipinski definition) is 0. The smallest absolute Gasteiger partial charge is 0.00936 e. The molecular weight excluding hydrogens is 156 g/mol. The molecule has 0 saturated carbocycles. The fraction of sp³-hybridized carbons (Fsp3) is 0.923. The lowest BCUT2D eigenvalue weighted by Crippen LogP contribution is -1.81. The molecule has 0 unspecified atom stereocenters. The average Bonchev–Trinajstić information content (AvgIpc) is 2.16. The predicted octanol–water partition coefficient (Wildman–Crippen LogP) is 4.89. The van der Waals surface area contributed by atoms with E-state index in [4.69, 9.17) is 6.92 Å². The molecule has 0 aliphatic heterocycles. The summed E-state index contributed by atoms with van der Waals surface area (Å²) >= 11 is 0. The highest BCUT2D eigenvalue weighted by molar-refractivity contribution is 4.48. The van der Waals surface area contributed by atoms with Gasteiger partial charge < -0.3 is 0 Å². The van der Waals surface area contributed by atoms with E-state index < -0.39 is 0 Å². The SMILES string of the molecule is [C]CCCCCCCCCCCC. The fourth-order valence-corrected chi connectivity index (χ4v) is 1.61. The third-order valence-electron chi connectivity index (χ3n) is 2.53. The third kappa shape index (κ3) is 12.0. The summed E-state index contributed by atoms with van der Waals surface area (Å²) in [6.07, 6.45) is 14.2. The molecule has 0 fully saturated rings. The Morgan fingerprint density at radius 1 is 0.615 bits per heavy atom. The van der Waals surface area contributed by atoms with Crippen LogP contribution in [0.1, 0.15) is 77.6 Å². The van der Waals surface area contributed by atoms with Crippen LogP contribution in [0.5, 0.6) is 0 Å². The molecule has 0 N–H and O–H groups in total. The van der Waals surface area contributed by atoms with Gasteiger partial charge in [-0.15, -0.1) is 0 Å². The van der Waals surface area contributed by atoms with Crippen LogP contribution in [0.25, 0.3) is 0 Å². The lowest BCUT2D eigenvalue weighted by molar-refractivity contribution is 0.557. The highest BCUT2D eigenvalue weighted by Crippen LogP contribution is 2.10. The highest BCUT2D eigenvalue weighted by Gasteiger charge is 1.91. The molecule has 0 nitrogen and oxygen atoms in total. The zero-order chi connectivity index (χ0) is 9.78. The van der Waals surface area contributed by atoms with Gasteiger partial charge in [-0.2, -0.15) is 0 Å². The average molecular weight is 181 g/mol. The molecule has 0 amide bonds. The van der Waals surface area contributed by atoms with Crippen LogP contribution in [-0.4, -0.2) is 0 Å². The first-order valence-electron chi connectivity index (χ1n) is 6.06. The zero-order valence-electron chi connectivity index (χ0n) is 9.28. The van der Waals surface area contributed by atoms with Gasteiger partial charge in [0.2, 0.25) is 0 Å². The zero-order valence-corrected chi connectivity index (χ0v) is 9.28. The molecule has 3 radical (unpaired) electrons. The number of hydrogen-bond donors (Lipinski definition) is 0. The Kier molecular flexibility index (Phi) is 12.0. The molecule has 13 heavy (non-hydrogen) atoms. The van der Waals surface area contributed by atoms with Gasteiger partial charge in [-0.1, -0.05) is 71.1 Å². The third-order valence-corrected chi connectivity index (χ3v) is 2.53. The van der Waals surface area contributed by atoms with Crippen LogP contribution < -0.4 is 0 Å². The molecule has 0 atom stereocenters. The molecule has 0 aromatic heterocycles. The van der Waals surface area contributed by atoms with E-state index in [1.807, 2.05) is 0 Å². The Labute approximate surface area is 85.1 Å². The molecule has 0 heteroatoms. The van der Waals surface area contributed by atoms with E-state index in [0.29, 0.717) is 6.42 Å². The van der Waals surface area contributed by atoms with Crippen molar-refractivity contribution in [3.8, 4) is 0 Å². The van der Waals surface area contributed by atoms with E-state index in [0.717, 1.165) is 6.42 Å². The van der Waals surface area contributed by atoms with Gasteiger partial charge in [-0.3, -0.25) is 0 Å². The van der Waals surface area contributed by atoms with Crippen molar-refractivity contribution in [1.82, 2.24) is 0 Å². The molecule has 0 heterocycles. The summed E-state index contributed by atoms with van der Waals surface area (Å²) in [6, 6.07) is 0. The van der Waals surface area contributed by atoms with Gasteiger partial charge >= 0.3 is 0 Å². The van der Waals surface area contributed by atoms with Crippen LogP contribution in [-0.2, 0) is 0 Å². The van der Waals surface area contributed by atoms with Crippen LogP contribution in [0.3, 0.4) is 0 Å². The molecule has 0 aromatic carbocycles. The Hall–Kier alpha value is 0. The first-order chi connectivity index (χ1) is 6.41. The molecule has 77 valence electrons. The van der Waals surface area contributed by atoms with E-state index in [1.165, 1.54) is 57.8 Å². The van der Waals surface area contributed by atoms with Crippen LogP contribution in [0, 0.1) is 6.92 Å². The minimum atomic E-state index is 0.622. The molecule has 0 bridgehead atoms. The Morgan fingerprint density at radius 3 is 1.38 bits per heavy atom. The van der Waals surface area contributed by atoms with Crippen molar-refractivity contribution in [2.75, 3.05) is 0 Å². The quantitative estimate of drug-likeness (QED) is 0.421. The Balaban J connectivity index is 2.76. The maximum Gasteiger partial charge on any atom is -0.00936 e. The monoisotopic (exact) mass is 181 g/mol.